The number of anilines is 1. The number of Topliss-reactive ketones (excluding diaryl/α,β-unsaturated/α-hetero) is 2. The van der Waals surface area contributed by atoms with E-state index in [0.717, 1.165) is 35.4 Å². The van der Waals surface area contributed by atoms with Gasteiger partial charge in [0.25, 0.3) is 0 Å². The third kappa shape index (κ3) is 16.4. The molecule has 0 bridgehead atoms. The number of aromatic nitrogens is 4. The van der Waals surface area contributed by atoms with Crippen molar-refractivity contribution in [1.29, 1.82) is 0 Å². The topological polar surface area (TPSA) is 398 Å². The molecule has 0 radical (unpaired) electrons. The second-order valence-corrected chi connectivity index (χ2v) is 21.1. The lowest BCUT2D eigenvalue weighted by Gasteiger charge is -2.30. The maximum atomic E-state index is 12.7. The highest BCUT2D eigenvalue weighted by Gasteiger charge is 2.50. The fourth-order valence-electron chi connectivity index (χ4n) is 6.83. The van der Waals surface area contributed by atoms with E-state index in [2.05, 4.69) is 34.4 Å². The number of phosphoric ester groups is 3. The molecule has 364 valence electrons. The van der Waals surface area contributed by atoms with Crippen LogP contribution in [0.3, 0.4) is 0 Å². The number of nitrogens with two attached hydrogens (primary N) is 1. The van der Waals surface area contributed by atoms with E-state index in [1.807, 2.05) is 19.1 Å². The third-order valence-corrected chi connectivity index (χ3v) is 14.1. The first-order valence-electron chi connectivity index (χ1n) is 20.1. The summed E-state index contributed by atoms with van der Waals surface area (Å²) >= 11 is 0.876. The summed E-state index contributed by atoms with van der Waals surface area (Å²) in [6, 6.07) is 0. The molecular formula is C35H54N7O19P3S. The highest BCUT2D eigenvalue weighted by molar-refractivity contribution is 8.13. The zero-order valence-electron chi connectivity index (χ0n) is 35.4. The molecule has 1 aliphatic carbocycles. The highest BCUT2D eigenvalue weighted by Crippen LogP contribution is 2.61. The van der Waals surface area contributed by atoms with E-state index in [4.69, 9.17) is 19.5 Å². The molecule has 2 aliphatic rings. The van der Waals surface area contributed by atoms with Crippen LogP contribution >= 0.6 is 35.2 Å². The minimum atomic E-state index is -5.60. The highest BCUT2D eigenvalue weighted by atomic mass is 32.2. The lowest BCUT2D eigenvalue weighted by Crippen LogP contribution is -2.46. The van der Waals surface area contributed by atoms with Crippen molar-refractivity contribution in [2.75, 3.05) is 37.8 Å². The molecule has 4 rings (SSSR count). The molecule has 0 aromatic carbocycles. The number of ketones is 2. The van der Waals surface area contributed by atoms with Crippen molar-refractivity contribution in [2.45, 2.75) is 96.4 Å². The molecule has 1 saturated heterocycles. The second kappa shape index (κ2) is 23.6. The molecule has 2 aromatic rings. The summed E-state index contributed by atoms with van der Waals surface area (Å²) in [5.74, 6) is -1.82. The van der Waals surface area contributed by atoms with Gasteiger partial charge in [-0.05, 0) is 25.2 Å². The Hall–Kier alpha value is -3.36. The maximum absolute atomic E-state index is 12.7. The largest absolute Gasteiger partial charge is 0.481 e. The molecular weight excluding hydrogens is 947 g/mol. The average molecular weight is 1000 g/mol. The number of aliphatic hydroxyl groups excluding tert-OH is 2. The van der Waals surface area contributed by atoms with Crippen LogP contribution in [0.5, 0.6) is 0 Å². The van der Waals surface area contributed by atoms with Gasteiger partial charge in [-0.2, -0.15) is 4.31 Å². The predicted molar refractivity (Wildman–Crippen MR) is 227 cm³/mol. The monoisotopic (exact) mass is 1000 g/mol. The van der Waals surface area contributed by atoms with Crippen molar-refractivity contribution < 1.29 is 90.1 Å². The number of ether oxygens (including phenoxy) is 1. The Morgan fingerprint density at radius 1 is 1.06 bits per heavy atom. The van der Waals surface area contributed by atoms with Crippen molar-refractivity contribution in [2.24, 2.45) is 17.3 Å². The number of nitrogens with one attached hydrogen (secondary N) is 2. The number of carbonyl (C=O) groups is 5. The Balaban J connectivity index is 1.16. The Labute approximate surface area is 376 Å². The van der Waals surface area contributed by atoms with Gasteiger partial charge in [0.15, 0.2) is 22.8 Å². The van der Waals surface area contributed by atoms with Crippen LogP contribution in [0.25, 0.3) is 11.2 Å². The van der Waals surface area contributed by atoms with Crippen LogP contribution < -0.4 is 16.4 Å². The first-order valence-corrected chi connectivity index (χ1v) is 25.6. The molecule has 2 amide bonds. The number of hydrogen-bond donors (Lipinski definition) is 9. The Morgan fingerprint density at radius 3 is 2.46 bits per heavy atom. The Morgan fingerprint density at radius 2 is 1.77 bits per heavy atom. The van der Waals surface area contributed by atoms with Gasteiger partial charge in [-0.25, -0.2) is 28.6 Å². The number of nitrogens with zero attached hydrogens (tertiary/aromatic N) is 4. The molecule has 2 fully saturated rings. The first-order chi connectivity index (χ1) is 30.3. The smallest absolute Gasteiger partial charge is 0.386 e. The molecule has 1 aliphatic heterocycles. The minimum Gasteiger partial charge on any atom is -0.386 e. The van der Waals surface area contributed by atoms with Gasteiger partial charge in [-0.15, -0.1) is 0 Å². The van der Waals surface area contributed by atoms with Crippen LogP contribution in [-0.2, 0) is 60.3 Å². The van der Waals surface area contributed by atoms with Gasteiger partial charge in [0, 0.05) is 49.4 Å². The number of thioether (sulfide) groups is 1. The molecule has 26 nitrogen and oxygen atoms in total. The van der Waals surface area contributed by atoms with Crippen LogP contribution in [-0.4, -0.2) is 134 Å². The van der Waals surface area contributed by atoms with Gasteiger partial charge in [-0.3, -0.25) is 42.1 Å². The first kappa shape index (κ1) is 54.2. The molecule has 1 saturated carbocycles. The standard InChI is InChI=1S/C35H54N7O19P3S/c1-4-5-6-7-22-20(8-9-23(22)44)14-21(43)15-26(46)65-13-12-37-25(45)10-11-38-33(49)30(48)35(2,3)17-58-64(55,56)61-63(53,54)57-16-24-29(60-62(50,51)52)28(47)34(59-24)42-19-41-27-31(36)39-18-40-32(27)42/h5-6,18-20,22,24,28-30,34,47-48H,4,7-17H2,1-3H3,(H,37,45)(H,38,49)(H,53,54)(H,55,56)(H2,36,39,40)(H2,50,51,52). The maximum Gasteiger partial charge on any atom is 0.481 e. The average Bonchev–Trinajstić information content (AvgIpc) is 3.88. The lowest BCUT2D eigenvalue weighted by atomic mass is 9.87. The van der Waals surface area contributed by atoms with E-state index in [0.29, 0.717) is 19.3 Å². The summed E-state index contributed by atoms with van der Waals surface area (Å²) in [6.45, 7) is 2.20. The van der Waals surface area contributed by atoms with Crippen molar-refractivity contribution in [3.63, 3.8) is 0 Å². The molecule has 30 heteroatoms. The summed E-state index contributed by atoms with van der Waals surface area (Å²) < 4.78 is 62.3. The number of amides is 2. The van der Waals surface area contributed by atoms with E-state index in [1.54, 1.807) is 0 Å². The Kier molecular flexibility index (Phi) is 19.7. The summed E-state index contributed by atoms with van der Waals surface area (Å²) in [5.41, 5.74) is 4.21. The molecule has 0 spiro atoms. The number of allylic oxidation sites excluding steroid dienone is 2. The molecule has 2 aromatic heterocycles. The van der Waals surface area contributed by atoms with Crippen LogP contribution in [0.2, 0.25) is 0 Å². The number of imidazole rings is 1. The zero-order valence-corrected chi connectivity index (χ0v) is 38.9. The number of aliphatic hydroxyl groups is 2. The van der Waals surface area contributed by atoms with E-state index in [1.165, 1.54) is 13.8 Å². The van der Waals surface area contributed by atoms with Crippen LogP contribution in [0.1, 0.15) is 71.9 Å². The van der Waals surface area contributed by atoms with E-state index in [9.17, 15) is 67.5 Å². The van der Waals surface area contributed by atoms with Gasteiger partial charge >= 0.3 is 23.5 Å². The molecule has 10 N–H and O–H groups in total. The lowest BCUT2D eigenvalue weighted by molar-refractivity contribution is -0.137. The van der Waals surface area contributed by atoms with Crippen molar-refractivity contribution >= 4 is 80.7 Å². The third-order valence-electron chi connectivity index (χ3n) is 10.1. The van der Waals surface area contributed by atoms with Crippen LogP contribution in [0.15, 0.2) is 24.8 Å². The molecule has 65 heavy (non-hydrogen) atoms. The van der Waals surface area contributed by atoms with E-state index in [-0.39, 0.29) is 83.6 Å². The van der Waals surface area contributed by atoms with Crippen LogP contribution in [0.4, 0.5) is 5.82 Å². The zero-order chi connectivity index (χ0) is 48.3. The number of phosphoric acid groups is 3. The Bertz CT molecular complexity index is 2210. The molecule has 9 unspecified atom stereocenters. The van der Waals surface area contributed by atoms with Gasteiger partial charge < -0.3 is 50.9 Å². The molecule has 9 atom stereocenters. The van der Waals surface area contributed by atoms with Crippen LogP contribution in [0, 0.1) is 17.3 Å². The summed E-state index contributed by atoms with van der Waals surface area (Å²) in [7, 11) is -16.5. The van der Waals surface area contributed by atoms with Gasteiger partial charge in [0.2, 0.25) is 11.8 Å². The minimum absolute atomic E-state index is 0.0197. The number of hydrogen-bond acceptors (Lipinski definition) is 20. The van der Waals surface area contributed by atoms with E-state index < -0.39 is 84.6 Å². The van der Waals surface area contributed by atoms with Crippen molar-refractivity contribution in [1.82, 2.24) is 30.2 Å². The SMILES string of the molecule is CCC=CCC1C(=O)CCC1CC(=O)CC(=O)SCCNC(=O)CCNC(=O)C(O)C(C)(C)COP(=O)(O)OP(=O)(O)OCC1OC(n2cnc3c(N)ncnc32)C(O)C1OP(=O)(O)O. The molecule has 3 heterocycles. The number of nitrogen functional groups attached to an aromatic ring is 1. The summed E-state index contributed by atoms with van der Waals surface area (Å²) in [6.07, 6.45) is -0.847. The van der Waals surface area contributed by atoms with Crippen molar-refractivity contribution in [3.05, 3.63) is 24.8 Å². The second-order valence-electron chi connectivity index (χ2n) is 15.7. The van der Waals surface area contributed by atoms with Gasteiger partial charge in [-0.1, -0.05) is 44.7 Å². The van der Waals surface area contributed by atoms with Gasteiger partial charge in [0.05, 0.1) is 26.0 Å². The number of fused-ring (bicyclic) bond motifs is 1. The van der Waals surface area contributed by atoms with Crippen molar-refractivity contribution in [3.8, 4) is 0 Å². The predicted octanol–water partition coefficient (Wildman–Crippen LogP) is 0.966. The summed E-state index contributed by atoms with van der Waals surface area (Å²) in [4.78, 5) is 113. The summed E-state index contributed by atoms with van der Waals surface area (Å²) in [5, 5.41) is 26.1. The quantitative estimate of drug-likeness (QED) is 0.0274. The number of rotatable bonds is 26. The normalized spacial score (nSPS) is 23.9. The van der Waals surface area contributed by atoms with E-state index >= 15 is 0 Å². The number of carbonyl (C=O) groups excluding carboxylic acids is 5. The van der Waals surface area contributed by atoms with Gasteiger partial charge in [0.1, 0.15) is 47.8 Å². The fraction of sp³-hybridized carbons (Fsp3) is 0.657. The fourth-order valence-corrected chi connectivity index (χ4v) is 10.4.